The predicted octanol–water partition coefficient (Wildman–Crippen LogP) is 6.23. The van der Waals surface area contributed by atoms with E-state index < -0.39 is 0 Å². The zero-order chi connectivity index (χ0) is 25.6. The Morgan fingerprint density at radius 2 is 1.76 bits per heavy atom. The molecule has 0 unspecified atom stereocenters. The van der Waals surface area contributed by atoms with Gasteiger partial charge in [0.15, 0.2) is 5.82 Å². The van der Waals surface area contributed by atoms with Gasteiger partial charge in [0.05, 0.1) is 11.2 Å². The lowest BCUT2D eigenvalue weighted by atomic mass is 9.92. The predicted molar refractivity (Wildman–Crippen MR) is 149 cm³/mol. The van der Waals surface area contributed by atoms with Gasteiger partial charge in [-0.15, -0.1) is 0 Å². The summed E-state index contributed by atoms with van der Waals surface area (Å²) in [6.45, 7) is 8.50. The Labute approximate surface area is 217 Å². The average Bonchev–Trinajstić information content (AvgIpc) is 3.61. The maximum Gasteiger partial charge on any atom is 0.181 e. The van der Waals surface area contributed by atoms with E-state index >= 15 is 0 Å². The maximum absolute atomic E-state index is 6.14. The van der Waals surface area contributed by atoms with E-state index in [-0.39, 0.29) is 5.41 Å². The minimum absolute atomic E-state index is 0.147. The number of nitrogens with zero attached hydrogens (tertiary/aromatic N) is 4. The SMILES string of the molecule is CN1CCC[C@H]1COc1ccc2cc(-c3n[nH]c4ccc(-c5n[nH]c(CC(C)(C)C)n5)cc34)ccc2c1. The smallest absolute Gasteiger partial charge is 0.181 e. The molecule has 6 rings (SSSR count). The Balaban J connectivity index is 1.26. The van der Waals surface area contributed by atoms with Gasteiger partial charge < -0.3 is 9.64 Å². The average molecular weight is 495 g/mol. The number of likely N-dealkylation sites (tertiary alicyclic amines) is 1. The zero-order valence-electron chi connectivity index (χ0n) is 22.0. The summed E-state index contributed by atoms with van der Waals surface area (Å²) >= 11 is 0. The standard InChI is InChI=1S/C30H34N6O/c1-30(2,3)17-27-31-29(35-33-27)22-10-12-26-25(16-22)28(34-32-26)21-8-7-20-15-24(11-9-19(20)14-21)37-18-23-6-5-13-36(23)4/h7-12,14-16,23H,5-6,13,17-18H2,1-4H3,(H,32,34)(H,31,33,35)/t23-/m0/s1. The summed E-state index contributed by atoms with van der Waals surface area (Å²) in [4.78, 5) is 7.13. The lowest BCUT2D eigenvalue weighted by Gasteiger charge is -2.19. The molecular weight excluding hydrogens is 460 g/mol. The second kappa shape index (κ2) is 9.30. The minimum Gasteiger partial charge on any atom is -0.492 e. The van der Waals surface area contributed by atoms with Gasteiger partial charge in [-0.25, -0.2) is 4.98 Å². The molecule has 1 fully saturated rings. The summed E-state index contributed by atoms with van der Waals surface area (Å²) in [6.07, 6.45) is 3.31. The summed E-state index contributed by atoms with van der Waals surface area (Å²) in [6, 6.07) is 19.5. The van der Waals surface area contributed by atoms with Crippen molar-refractivity contribution in [2.75, 3.05) is 20.2 Å². The Morgan fingerprint density at radius 3 is 2.57 bits per heavy atom. The molecule has 3 heterocycles. The number of benzene rings is 3. The molecule has 1 atom stereocenters. The number of likely N-dealkylation sites (N-methyl/N-ethyl adjacent to an activating group) is 1. The molecule has 3 aromatic carbocycles. The quantitative estimate of drug-likeness (QED) is 0.292. The van der Waals surface area contributed by atoms with Crippen LogP contribution >= 0.6 is 0 Å². The van der Waals surface area contributed by atoms with Crippen molar-refractivity contribution in [2.24, 2.45) is 5.41 Å². The van der Waals surface area contributed by atoms with Crippen molar-refractivity contribution in [3.05, 3.63) is 60.4 Å². The van der Waals surface area contributed by atoms with Crippen molar-refractivity contribution in [2.45, 2.75) is 46.1 Å². The molecule has 5 aromatic rings. The fraction of sp³-hybridized carbons (Fsp3) is 0.367. The van der Waals surface area contributed by atoms with Gasteiger partial charge in [0.25, 0.3) is 0 Å². The number of rotatable bonds is 6. The first-order valence-corrected chi connectivity index (χ1v) is 13.1. The maximum atomic E-state index is 6.14. The van der Waals surface area contributed by atoms with Gasteiger partial charge >= 0.3 is 0 Å². The molecule has 37 heavy (non-hydrogen) atoms. The lowest BCUT2D eigenvalue weighted by Crippen LogP contribution is -2.30. The van der Waals surface area contributed by atoms with E-state index in [1.165, 1.54) is 12.8 Å². The molecule has 0 radical (unpaired) electrons. The monoisotopic (exact) mass is 494 g/mol. The second-order valence-corrected chi connectivity index (χ2v) is 11.5. The third-order valence-corrected chi connectivity index (χ3v) is 7.25. The highest BCUT2D eigenvalue weighted by Crippen LogP contribution is 2.32. The zero-order valence-corrected chi connectivity index (χ0v) is 22.0. The van der Waals surface area contributed by atoms with E-state index in [1.54, 1.807) is 0 Å². The fourth-order valence-electron chi connectivity index (χ4n) is 5.22. The molecule has 0 saturated carbocycles. The van der Waals surface area contributed by atoms with Crippen LogP contribution in [0.25, 0.3) is 44.3 Å². The van der Waals surface area contributed by atoms with Gasteiger partial charge in [-0.3, -0.25) is 10.2 Å². The third-order valence-electron chi connectivity index (χ3n) is 7.25. The van der Waals surface area contributed by atoms with Gasteiger partial charge in [-0.2, -0.15) is 10.2 Å². The Bertz CT molecular complexity index is 1560. The van der Waals surface area contributed by atoms with Gasteiger partial charge in [-0.1, -0.05) is 39.0 Å². The first-order chi connectivity index (χ1) is 17.8. The molecular formula is C30H34N6O. The highest BCUT2D eigenvalue weighted by molar-refractivity contribution is 5.97. The second-order valence-electron chi connectivity index (χ2n) is 11.5. The molecule has 1 aliphatic heterocycles. The number of fused-ring (bicyclic) bond motifs is 2. The van der Waals surface area contributed by atoms with Crippen LogP contribution in [0.2, 0.25) is 0 Å². The van der Waals surface area contributed by atoms with Gasteiger partial charge in [0.1, 0.15) is 18.2 Å². The van der Waals surface area contributed by atoms with Crippen LogP contribution < -0.4 is 4.74 Å². The molecule has 2 aromatic heterocycles. The van der Waals surface area contributed by atoms with E-state index in [1.807, 2.05) is 12.1 Å². The Morgan fingerprint density at radius 1 is 0.946 bits per heavy atom. The van der Waals surface area contributed by atoms with Gasteiger partial charge in [0, 0.05) is 29.0 Å². The van der Waals surface area contributed by atoms with E-state index in [4.69, 9.17) is 9.72 Å². The third kappa shape index (κ3) is 4.96. The molecule has 0 aliphatic carbocycles. The number of ether oxygens (including phenoxy) is 1. The van der Waals surface area contributed by atoms with Crippen LogP contribution in [0, 0.1) is 5.41 Å². The van der Waals surface area contributed by atoms with Crippen LogP contribution in [0.15, 0.2) is 54.6 Å². The van der Waals surface area contributed by atoms with Crippen molar-refractivity contribution in [1.29, 1.82) is 0 Å². The van der Waals surface area contributed by atoms with Crippen LogP contribution in [0.5, 0.6) is 5.75 Å². The lowest BCUT2D eigenvalue weighted by molar-refractivity contribution is 0.198. The Kier molecular flexibility index (Phi) is 5.95. The number of aromatic amines is 2. The number of hydrogen-bond donors (Lipinski definition) is 2. The molecule has 0 bridgehead atoms. The van der Waals surface area contributed by atoms with Crippen molar-refractivity contribution >= 4 is 21.7 Å². The van der Waals surface area contributed by atoms with Crippen molar-refractivity contribution in [3.63, 3.8) is 0 Å². The molecule has 190 valence electrons. The summed E-state index contributed by atoms with van der Waals surface area (Å²) in [5.41, 5.74) is 4.11. The normalized spacial score (nSPS) is 16.7. The molecule has 2 N–H and O–H groups in total. The van der Waals surface area contributed by atoms with E-state index in [2.05, 4.69) is 95.6 Å². The van der Waals surface area contributed by atoms with Crippen LogP contribution in [0.3, 0.4) is 0 Å². The largest absolute Gasteiger partial charge is 0.492 e. The molecule has 7 nitrogen and oxygen atoms in total. The van der Waals surface area contributed by atoms with Crippen molar-refractivity contribution < 1.29 is 4.74 Å². The van der Waals surface area contributed by atoms with Crippen LogP contribution in [-0.4, -0.2) is 56.5 Å². The van der Waals surface area contributed by atoms with Crippen LogP contribution in [0.1, 0.15) is 39.4 Å². The van der Waals surface area contributed by atoms with Gasteiger partial charge in [-0.05, 0) is 79.0 Å². The minimum atomic E-state index is 0.147. The van der Waals surface area contributed by atoms with Gasteiger partial charge in [0.2, 0.25) is 0 Å². The summed E-state index contributed by atoms with van der Waals surface area (Å²) in [7, 11) is 2.18. The summed E-state index contributed by atoms with van der Waals surface area (Å²) < 4.78 is 6.14. The number of nitrogens with one attached hydrogen (secondary N) is 2. The van der Waals surface area contributed by atoms with E-state index in [9.17, 15) is 0 Å². The molecule has 1 aliphatic rings. The van der Waals surface area contributed by atoms with Crippen molar-refractivity contribution in [1.82, 2.24) is 30.3 Å². The molecule has 7 heteroatoms. The summed E-state index contributed by atoms with van der Waals surface area (Å²) in [5.74, 6) is 2.54. The number of hydrogen-bond acceptors (Lipinski definition) is 5. The topological polar surface area (TPSA) is 82.7 Å². The van der Waals surface area contributed by atoms with E-state index in [0.29, 0.717) is 11.9 Å². The fourth-order valence-corrected chi connectivity index (χ4v) is 5.22. The van der Waals surface area contributed by atoms with Crippen LogP contribution in [-0.2, 0) is 6.42 Å². The molecule has 0 spiro atoms. The molecule has 0 amide bonds. The highest BCUT2D eigenvalue weighted by atomic mass is 16.5. The van der Waals surface area contributed by atoms with E-state index in [0.717, 1.165) is 69.6 Å². The first-order valence-electron chi connectivity index (χ1n) is 13.1. The first kappa shape index (κ1) is 23.7. The number of aromatic nitrogens is 5. The highest BCUT2D eigenvalue weighted by Gasteiger charge is 2.21. The molecule has 1 saturated heterocycles. The van der Waals surface area contributed by atoms with Crippen LogP contribution in [0.4, 0.5) is 0 Å². The Hall–Kier alpha value is -3.71. The van der Waals surface area contributed by atoms with Crippen molar-refractivity contribution in [3.8, 4) is 28.4 Å². The number of H-pyrrole nitrogens is 2. The summed E-state index contributed by atoms with van der Waals surface area (Å²) in [5, 5.41) is 18.8.